The van der Waals surface area contributed by atoms with Gasteiger partial charge in [-0.3, -0.25) is 14.9 Å². The highest BCUT2D eigenvalue weighted by molar-refractivity contribution is 5.69. The number of methoxy groups -OCH3 is 1. The molecular weight excluding hydrogens is 354 g/mol. The maximum Gasteiger partial charge on any atom is 0.514 e. The van der Waals surface area contributed by atoms with Crippen LogP contribution in [-0.2, 0) is 14.3 Å². The standard InChI is InChI=1S/C19H27NO7/c1-3-4-5-6-8-16(9-7-10-18(21)25-2)26-19(22)27-17-13-11-15(12-14-17)20(23)24/h11-14,16H,3-10H2,1-2H3. The molecule has 0 aliphatic heterocycles. The fourth-order valence-electron chi connectivity index (χ4n) is 2.53. The second-order valence-electron chi connectivity index (χ2n) is 6.16. The maximum atomic E-state index is 12.0. The fourth-order valence-corrected chi connectivity index (χ4v) is 2.53. The Morgan fingerprint density at radius 3 is 2.33 bits per heavy atom. The molecule has 8 heteroatoms. The second kappa shape index (κ2) is 12.7. The van der Waals surface area contributed by atoms with Gasteiger partial charge in [-0.2, -0.15) is 0 Å². The van der Waals surface area contributed by atoms with Crippen molar-refractivity contribution in [1.82, 2.24) is 0 Å². The van der Waals surface area contributed by atoms with Crippen molar-refractivity contribution in [3.63, 3.8) is 0 Å². The fraction of sp³-hybridized carbons (Fsp3) is 0.579. The van der Waals surface area contributed by atoms with Gasteiger partial charge < -0.3 is 14.2 Å². The van der Waals surface area contributed by atoms with E-state index in [-0.39, 0.29) is 29.9 Å². The van der Waals surface area contributed by atoms with Crippen molar-refractivity contribution in [3.8, 4) is 5.75 Å². The van der Waals surface area contributed by atoms with Crippen molar-refractivity contribution >= 4 is 17.8 Å². The molecule has 1 unspecified atom stereocenters. The van der Waals surface area contributed by atoms with Crippen LogP contribution in [-0.4, -0.2) is 30.3 Å². The maximum absolute atomic E-state index is 12.0. The van der Waals surface area contributed by atoms with Crippen molar-refractivity contribution in [1.29, 1.82) is 0 Å². The molecule has 150 valence electrons. The Hall–Kier alpha value is -2.64. The predicted molar refractivity (Wildman–Crippen MR) is 98.6 cm³/mol. The summed E-state index contributed by atoms with van der Waals surface area (Å²) < 4.78 is 15.1. The summed E-state index contributed by atoms with van der Waals surface area (Å²) >= 11 is 0. The lowest BCUT2D eigenvalue weighted by Crippen LogP contribution is -2.21. The third-order valence-corrected chi connectivity index (χ3v) is 4.03. The van der Waals surface area contributed by atoms with Gasteiger partial charge in [0.05, 0.1) is 12.0 Å². The first-order chi connectivity index (χ1) is 13.0. The molecule has 0 fully saturated rings. The molecule has 0 spiro atoms. The topological polar surface area (TPSA) is 105 Å². The quantitative estimate of drug-likeness (QED) is 0.168. The molecule has 1 aromatic rings. The van der Waals surface area contributed by atoms with Crippen LogP contribution < -0.4 is 4.74 Å². The van der Waals surface area contributed by atoms with Crippen LogP contribution in [0.3, 0.4) is 0 Å². The largest absolute Gasteiger partial charge is 0.514 e. The summed E-state index contributed by atoms with van der Waals surface area (Å²) in [5.41, 5.74) is -0.0904. The molecule has 0 radical (unpaired) electrons. The number of non-ortho nitro benzene ring substituents is 1. The van der Waals surface area contributed by atoms with Gasteiger partial charge in [0.1, 0.15) is 11.9 Å². The minimum Gasteiger partial charge on any atom is -0.469 e. The summed E-state index contributed by atoms with van der Waals surface area (Å²) in [6.45, 7) is 2.12. The lowest BCUT2D eigenvalue weighted by atomic mass is 10.0. The number of carbonyl (C=O) groups is 2. The zero-order valence-electron chi connectivity index (χ0n) is 15.8. The van der Waals surface area contributed by atoms with Gasteiger partial charge in [-0.05, 0) is 37.8 Å². The highest BCUT2D eigenvalue weighted by Gasteiger charge is 2.17. The van der Waals surface area contributed by atoms with Gasteiger partial charge in [-0.25, -0.2) is 4.79 Å². The number of nitro benzene ring substituents is 1. The summed E-state index contributed by atoms with van der Waals surface area (Å²) in [5, 5.41) is 10.6. The number of nitro groups is 1. The molecule has 0 heterocycles. The lowest BCUT2D eigenvalue weighted by molar-refractivity contribution is -0.384. The summed E-state index contributed by atoms with van der Waals surface area (Å²) in [6, 6.07) is 5.18. The molecule has 0 amide bonds. The number of rotatable bonds is 12. The van der Waals surface area contributed by atoms with Crippen molar-refractivity contribution in [2.45, 2.75) is 64.4 Å². The number of benzene rings is 1. The van der Waals surface area contributed by atoms with Crippen LogP contribution in [0.2, 0.25) is 0 Å². The molecule has 0 saturated heterocycles. The smallest absolute Gasteiger partial charge is 0.469 e. The monoisotopic (exact) mass is 381 g/mol. The number of ether oxygens (including phenoxy) is 3. The molecule has 0 bridgehead atoms. The summed E-state index contributed by atoms with van der Waals surface area (Å²) in [5.74, 6) is -0.127. The molecule has 1 aromatic carbocycles. The highest BCUT2D eigenvalue weighted by atomic mass is 16.7. The zero-order valence-corrected chi connectivity index (χ0v) is 15.8. The zero-order chi connectivity index (χ0) is 20.1. The minimum absolute atomic E-state index is 0.0904. The Morgan fingerprint density at radius 2 is 1.74 bits per heavy atom. The molecule has 0 aliphatic rings. The van der Waals surface area contributed by atoms with Crippen molar-refractivity contribution in [3.05, 3.63) is 34.4 Å². The number of unbranched alkanes of at least 4 members (excludes halogenated alkanes) is 3. The SMILES string of the molecule is CCCCCCC(CCCC(=O)OC)OC(=O)Oc1ccc([N+](=O)[O-])cc1. The van der Waals surface area contributed by atoms with Crippen LogP contribution in [0, 0.1) is 10.1 Å². The Balaban J connectivity index is 2.53. The van der Waals surface area contributed by atoms with Crippen molar-refractivity contribution in [2.24, 2.45) is 0 Å². The van der Waals surface area contributed by atoms with Gasteiger partial charge >= 0.3 is 12.1 Å². The average Bonchev–Trinajstić information content (AvgIpc) is 2.65. The number of hydrogen-bond donors (Lipinski definition) is 0. The Labute approximate surface area is 158 Å². The molecule has 8 nitrogen and oxygen atoms in total. The first-order valence-electron chi connectivity index (χ1n) is 9.16. The number of hydrogen-bond acceptors (Lipinski definition) is 7. The van der Waals surface area contributed by atoms with E-state index in [4.69, 9.17) is 9.47 Å². The average molecular weight is 381 g/mol. The Kier molecular flexibility index (Phi) is 10.5. The van der Waals surface area contributed by atoms with Gasteiger partial charge in [0.25, 0.3) is 5.69 Å². The van der Waals surface area contributed by atoms with Crippen molar-refractivity contribution in [2.75, 3.05) is 7.11 Å². The molecule has 0 N–H and O–H groups in total. The van der Waals surface area contributed by atoms with Gasteiger partial charge in [0.2, 0.25) is 0 Å². The van der Waals surface area contributed by atoms with Crippen LogP contribution in [0.25, 0.3) is 0 Å². The van der Waals surface area contributed by atoms with E-state index in [0.717, 1.165) is 25.7 Å². The Bertz CT molecular complexity index is 601. The van der Waals surface area contributed by atoms with Gasteiger partial charge in [-0.1, -0.05) is 26.2 Å². The third-order valence-electron chi connectivity index (χ3n) is 4.03. The van der Waals surface area contributed by atoms with E-state index in [2.05, 4.69) is 11.7 Å². The number of esters is 1. The van der Waals surface area contributed by atoms with Crippen LogP contribution in [0.1, 0.15) is 58.3 Å². The molecule has 0 aromatic heterocycles. The molecule has 0 aliphatic carbocycles. The van der Waals surface area contributed by atoms with E-state index in [0.29, 0.717) is 19.3 Å². The summed E-state index contributed by atoms with van der Waals surface area (Å²) in [4.78, 5) is 33.3. The van der Waals surface area contributed by atoms with Crippen LogP contribution >= 0.6 is 0 Å². The third kappa shape index (κ3) is 9.58. The van der Waals surface area contributed by atoms with Crippen LogP contribution in [0.5, 0.6) is 5.75 Å². The second-order valence-corrected chi connectivity index (χ2v) is 6.16. The normalized spacial score (nSPS) is 11.5. The van der Waals surface area contributed by atoms with E-state index in [1.54, 1.807) is 0 Å². The van der Waals surface area contributed by atoms with Gasteiger partial charge in [0.15, 0.2) is 0 Å². The Morgan fingerprint density at radius 1 is 1.07 bits per heavy atom. The van der Waals surface area contributed by atoms with Crippen LogP contribution in [0.4, 0.5) is 10.5 Å². The van der Waals surface area contributed by atoms with E-state index in [1.807, 2.05) is 0 Å². The molecule has 1 rings (SSSR count). The van der Waals surface area contributed by atoms with Crippen LogP contribution in [0.15, 0.2) is 24.3 Å². The molecule has 27 heavy (non-hydrogen) atoms. The van der Waals surface area contributed by atoms with E-state index in [1.165, 1.54) is 31.4 Å². The summed E-state index contributed by atoms with van der Waals surface area (Å²) in [7, 11) is 1.34. The lowest BCUT2D eigenvalue weighted by Gasteiger charge is -2.17. The first kappa shape index (κ1) is 22.4. The van der Waals surface area contributed by atoms with E-state index >= 15 is 0 Å². The predicted octanol–water partition coefficient (Wildman–Crippen LogP) is 4.79. The number of carbonyl (C=O) groups excluding carboxylic acids is 2. The molecule has 0 saturated carbocycles. The van der Waals surface area contributed by atoms with Gasteiger partial charge in [0, 0.05) is 18.6 Å². The summed E-state index contributed by atoms with van der Waals surface area (Å²) in [6.07, 6.45) is 5.02. The highest BCUT2D eigenvalue weighted by Crippen LogP contribution is 2.19. The molecular formula is C19H27NO7. The first-order valence-corrected chi connectivity index (χ1v) is 9.16. The van der Waals surface area contributed by atoms with E-state index < -0.39 is 11.1 Å². The van der Waals surface area contributed by atoms with Gasteiger partial charge in [-0.15, -0.1) is 0 Å². The van der Waals surface area contributed by atoms with Crippen molar-refractivity contribution < 1.29 is 28.7 Å². The number of nitrogens with zero attached hydrogens (tertiary/aromatic N) is 1. The minimum atomic E-state index is -0.859. The van der Waals surface area contributed by atoms with E-state index in [9.17, 15) is 19.7 Å². The molecule has 1 atom stereocenters.